The Kier molecular flexibility index (Phi) is 4.28. The van der Waals surface area contributed by atoms with Crippen molar-refractivity contribution in [2.45, 2.75) is 13.8 Å². The first-order valence-electron chi connectivity index (χ1n) is 2.88. The first-order chi connectivity index (χ1) is 4.72. The maximum Gasteiger partial charge on any atom is 0.106 e. The molecule has 0 aliphatic carbocycles. The van der Waals surface area contributed by atoms with Gasteiger partial charge in [-0.2, -0.15) is 0 Å². The van der Waals surface area contributed by atoms with Gasteiger partial charge in [0.15, 0.2) is 0 Å². The zero-order valence-corrected chi connectivity index (χ0v) is 6.71. The lowest BCUT2D eigenvalue weighted by Gasteiger charge is -1.95. The Bertz CT molecular complexity index is 134. The molecule has 0 aromatic rings. The lowest BCUT2D eigenvalue weighted by molar-refractivity contribution is 0.209. The molecular weight excluding hydrogens is 132 g/mol. The van der Waals surface area contributed by atoms with E-state index < -0.39 is 0 Å². The fraction of sp³-hybridized carbons (Fsp3) is 0.667. The molecule has 0 fully saturated rings. The van der Waals surface area contributed by atoms with Gasteiger partial charge in [-0.05, 0) is 13.8 Å². The zero-order valence-electron chi connectivity index (χ0n) is 6.71. The minimum atomic E-state index is 0.712. The summed E-state index contributed by atoms with van der Waals surface area (Å²) in [6, 6.07) is 0. The number of rotatable bonds is 3. The molecule has 0 spiro atoms. The van der Waals surface area contributed by atoms with Crippen molar-refractivity contribution in [2.24, 2.45) is 10.3 Å². The smallest absolute Gasteiger partial charge is 0.106 e. The van der Waals surface area contributed by atoms with Crippen molar-refractivity contribution in [3.63, 3.8) is 0 Å². The van der Waals surface area contributed by atoms with Crippen molar-refractivity contribution in [1.82, 2.24) is 0 Å². The first-order valence-corrected chi connectivity index (χ1v) is 2.88. The van der Waals surface area contributed by atoms with Gasteiger partial charge in [0, 0.05) is 0 Å². The number of oxime groups is 2. The molecule has 0 bridgehead atoms. The lowest BCUT2D eigenvalue weighted by Crippen LogP contribution is -2.05. The molecule has 0 aromatic heterocycles. The third-order valence-corrected chi connectivity index (χ3v) is 0.980. The molecule has 0 saturated heterocycles. The van der Waals surface area contributed by atoms with E-state index in [-0.39, 0.29) is 0 Å². The lowest BCUT2D eigenvalue weighted by atomic mass is 10.3. The predicted molar refractivity (Wildman–Crippen MR) is 40.2 cm³/mol. The fourth-order valence-electron chi connectivity index (χ4n) is 0.406. The molecule has 0 rings (SSSR count). The van der Waals surface area contributed by atoms with Gasteiger partial charge >= 0.3 is 0 Å². The fourth-order valence-corrected chi connectivity index (χ4v) is 0.406. The standard InChI is InChI=1S/C6H12N2O2/c1-5(7-9-3)6(2)8-10-4/h1-4H3. The molecule has 0 N–H and O–H groups in total. The number of nitrogens with zero attached hydrogens (tertiary/aromatic N) is 2. The van der Waals surface area contributed by atoms with Crippen molar-refractivity contribution in [3.05, 3.63) is 0 Å². The van der Waals surface area contributed by atoms with Crippen LogP contribution in [0.15, 0.2) is 10.3 Å². The molecule has 0 aliphatic rings. The van der Waals surface area contributed by atoms with Crippen molar-refractivity contribution in [3.8, 4) is 0 Å². The molecule has 0 heterocycles. The zero-order chi connectivity index (χ0) is 7.98. The second kappa shape index (κ2) is 4.78. The Hall–Kier alpha value is -1.06. The maximum absolute atomic E-state index is 4.52. The highest BCUT2D eigenvalue weighted by Gasteiger charge is 1.95. The Balaban J connectivity index is 4.06. The summed E-state index contributed by atoms with van der Waals surface area (Å²) < 4.78 is 0. The molecular formula is C6H12N2O2. The molecule has 0 amide bonds. The first kappa shape index (κ1) is 8.94. The van der Waals surface area contributed by atoms with Crippen LogP contribution in [0.2, 0.25) is 0 Å². The van der Waals surface area contributed by atoms with Gasteiger partial charge in [-0.15, -0.1) is 0 Å². The average Bonchev–Trinajstić information content (AvgIpc) is 1.89. The summed E-state index contributed by atoms with van der Waals surface area (Å²) >= 11 is 0. The van der Waals surface area contributed by atoms with E-state index in [9.17, 15) is 0 Å². The third kappa shape index (κ3) is 3.06. The summed E-state index contributed by atoms with van der Waals surface area (Å²) in [6.45, 7) is 3.59. The molecule has 0 saturated carbocycles. The quantitative estimate of drug-likeness (QED) is 0.438. The monoisotopic (exact) mass is 144 g/mol. The predicted octanol–water partition coefficient (Wildman–Crippen LogP) is 1.03. The molecule has 0 radical (unpaired) electrons. The third-order valence-electron chi connectivity index (χ3n) is 0.980. The van der Waals surface area contributed by atoms with Gasteiger partial charge < -0.3 is 9.68 Å². The van der Waals surface area contributed by atoms with Crippen LogP contribution in [0.4, 0.5) is 0 Å². The molecule has 58 valence electrons. The van der Waals surface area contributed by atoms with Gasteiger partial charge in [-0.3, -0.25) is 0 Å². The van der Waals surface area contributed by atoms with Crippen LogP contribution in [0.1, 0.15) is 13.8 Å². The van der Waals surface area contributed by atoms with E-state index in [0.717, 1.165) is 0 Å². The highest BCUT2D eigenvalue weighted by atomic mass is 16.6. The molecule has 4 nitrogen and oxygen atoms in total. The summed E-state index contributed by atoms with van der Waals surface area (Å²) in [5.41, 5.74) is 1.42. The molecule has 0 aromatic carbocycles. The summed E-state index contributed by atoms with van der Waals surface area (Å²) in [4.78, 5) is 9.05. The van der Waals surface area contributed by atoms with Crippen molar-refractivity contribution in [1.29, 1.82) is 0 Å². The van der Waals surface area contributed by atoms with Crippen molar-refractivity contribution >= 4 is 11.4 Å². The SMILES string of the molecule is CON=C(C)C(C)=NOC. The summed E-state index contributed by atoms with van der Waals surface area (Å²) in [5, 5.41) is 7.30. The van der Waals surface area contributed by atoms with Crippen LogP contribution in [0.25, 0.3) is 0 Å². The summed E-state index contributed by atoms with van der Waals surface area (Å²) in [7, 11) is 2.98. The second-order valence-electron chi connectivity index (χ2n) is 1.72. The van der Waals surface area contributed by atoms with Crippen molar-refractivity contribution < 1.29 is 9.68 Å². The van der Waals surface area contributed by atoms with E-state index in [4.69, 9.17) is 0 Å². The molecule has 0 unspecified atom stereocenters. The number of hydrogen-bond donors (Lipinski definition) is 0. The second-order valence-corrected chi connectivity index (χ2v) is 1.72. The van der Waals surface area contributed by atoms with Crippen LogP contribution in [0.5, 0.6) is 0 Å². The largest absolute Gasteiger partial charge is 0.399 e. The van der Waals surface area contributed by atoms with Crippen LogP contribution >= 0.6 is 0 Å². The van der Waals surface area contributed by atoms with E-state index in [0.29, 0.717) is 11.4 Å². The highest BCUT2D eigenvalue weighted by Crippen LogP contribution is 1.84. The van der Waals surface area contributed by atoms with E-state index in [1.54, 1.807) is 13.8 Å². The van der Waals surface area contributed by atoms with E-state index in [2.05, 4.69) is 20.0 Å². The van der Waals surface area contributed by atoms with Crippen LogP contribution < -0.4 is 0 Å². The van der Waals surface area contributed by atoms with E-state index in [1.165, 1.54) is 14.2 Å². The van der Waals surface area contributed by atoms with Crippen molar-refractivity contribution in [2.75, 3.05) is 14.2 Å². The van der Waals surface area contributed by atoms with Gasteiger partial charge in [0.05, 0.1) is 0 Å². The van der Waals surface area contributed by atoms with Gasteiger partial charge in [0.25, 0.3) is 0 Å². The Labute approximate surface area is 60.5 Å². The van der Waals surface area contributed by atoms with E-state index >= 15 is 0 Å². The molecule has 4 heteroatoms. The number of hydrogen-bond acceptors (Lipinski definition) is 4. The van der Waals surface area contributed by atoms with Crippen LogP contribution in [0.3, 0.4) is 0 Å². The summed E-state index contributed by atoms with van der Waals surface area (Å²) in [6.07, 6.45) is 0. The Morgan fingerprint density at radius 1 is 0.900 bits per heavy atom. The summed E-state index contributed by atoms with van der Waals surface area (Å²) in [5.74, 6) is 0. The van der Waals surface area contributed by atoms with Crippen LogP contribution in [0, 0.1) is 0 Å². The van der Waals surface area contributed by atoms with Gasteiger partial charge in [-0.1, -0.05) is 10.3 Å². The van der Waals surface area contributed by atoms with Gasteiger partial charge in [-0.25, -0.2) is 0 Å². The average molecular weight is 144 g/mol. The van der Waals surface area contributed by atoms with Gasteiger partial charge in [0.2, 0.25) is 0 Å². The van der Waals surface area contributed by atoms with Crippen LogP contribution in [-0.4, -0.2) is 25.6 Å². The van der Waals surface area contributed by atoms with Crippen LogP contribution in [-0.2, 0) is 9.68 Å². The highest BCUT2D eigenvalue weighted by molar-refractivity contribution is 6.40. The molecule has 0 aliphatic heterocycles. The minimum absolute atomic E-state index is 0.712. The minimum Gasteiger partial charge on any atom is -0.399 e. The maximum atomic E-state index is 4.52. The Morgan fingerprint density at radius 2 is 1.20 bits per heavy atom. The van der Waals surface area contributed by atoms with E-state index in [1.807, 2.05) is 0 Å². The molecule has 0 atom stereocenters. The normalized spacial score (nSPS) is 13.2. The Morgan fingerprint density at radius 3 is 1.40 bits per heavy atom. The molecule has 10 heavy (non-hydrogen) atoms. The topological polar surface area (TPSA) is 43.2 Å². The van der Waals surface area contributed by atoms with Gasteiger partial charge in [0.1, 0.15) is 25.6 Å².